The summed E-state index contributed by atoms with van der Waals surface area (Å²) in [5, 5.41) is 17.0. The number of carbonyl (C=O) groups excluding carboxylic acids is 1. The lowest BCUT2D eigenvalue weighted by Gasteiger charge is -2.09. The first-order valence-electron chi connectivity index (χ1n) is 6.64. The van der Waals surface area contributed by atoms with Crippen molar-refractivity contribution in [3.63, 3.8) is 0 Å². The molecule has 114 valence electrons. The summed E-state index contributed by atoms with van der Waals surface area (Å²) in [7, 11) is 0. The van der Waals surface area contributed by atoms with Crippen LogP contribution in [0.2, 0.25) is 0 Å². The van der Waals surface area contributed by atoms with E-state index in [1.807, 2.05) is 6.92 Å². The molecule has 0 aliphatic rings. The molecule has 1 aromatic heterocycles. The van der Waals surface area contributed by atoms with Crippen LogP contribution in [-0.4, -0.2) is 27.2 Å². The van der Waals surface area contributed by atoms with Crippen molar-refractivity contribution in [1.82, 2.24) is 9.97 Å². The zero-order valence-electron chi connectivity index (χ0n) is 12.2. The zero-order valence-corrected chi connectivity index (χ0v) is 12.2. The SMILES string of the molecule is CCNc1ncnc(Nc2cccc(C(C)=O)c2)c1[N+](=O)[O-]. The van der Waals surface area contributed by atoms with E-state index >= 15 is 0 Å². The van der Waals surface area contributed by atoms with Gasteiger partial charge in [-0.2, -0.15) is 0 Å². The third kappa shape index (κ3) is 3.35. The van der Waals surface area contributed by atoms with E-state index in [4.69, 9.17) is 0 Å². The lowest BCUT2D eigenvalue weighted by molar-refractivity contribution is -0.383. The Morgan fingerprint density at radius 3 is 2.68 bits per heavy atom. The fraction of sp³-hybridized carbons (Fsp3) is 0.214. The summed E-state index contributed by atoms with van der Waals surface area (Å²) in [5.41, 5.74) is 0.808. The van der Waals surface area contributed by atoms with E-state index in [-0.39, 0.29) is 23.1 Å². The van der Waals surface area contributed by atoms with E-state index in [0.29, 0.717) is 17.8 Å². The van der Waals surface area contributed by atoms with Crippen molar-refractivity contribution in [1.29, 1.82) is 0 Å². The Morgan fingerprint density at radius 1 is 1.32 bits per heavy atom. The molecule has 2 rings (SSSR count). The predicted molar refractivity (Wildman–Crippen MR) is 82.6 cm³/mol. The van der Waals surface area contributed by atoms with Crippen molar-refractivity contribution >= 4 is 28.8 Å². The van der Waals surface area contributed by atoms with Gasteiger partial charge in [0.05, 0.1) is 4.92 Å². The molecule has 0 saturated carbocycles. The number of rotatable bonds is 6. The Morgan fingerprint density at radius 2 is 2.05 bits per heavy atom. The molecule has 0 unspecified atom stereocenters. The van der Waals surface area contributed by atoms with Gasteiger partial charge < -0.3 is 10.6 Å². The minimum absolute atomic E-state index is 0.0663. The van der Waals surface area contributed by atoms with Gasteiger partial charge in [-0.1, -0.05) is 12.1 Å². The lowest BCUT2D eigenvalue weighted by atomic mass is 10.1. The second kappa shape index (κ2) is 6.61. The molecule has 0 amide bonds. The molecule has 1 aromatic carbocycles. The molecular formula is C14H15N5O3. The summed E-state index contributed by atoms with van der Waals surface area (Å²) in [4.78, 5) is 29.9. The topological polar surface area (TPSA) is 110 Å². The third-order valence-corrected chi connectivity index (χ3v) is 2.88. The summed E-state index contributed by atoms with van der Waals surface area (Å²) in [6.45, 7) is 3.77. The van der Waals surface area contributed by atoms with Gasteiger partial charge in [-0.15, -0.1) is 0 Å². The Balaban J connectivity index is 2.41. The first-order chi connectivity index (χ1) is 10.5. The Hall–Kier alpha value is -3.03. The number of nitrogens with one attached hydrogen (secondary N) is 2. The van der Waals surface area contributed by atoms with Gasteiger partial charge >= 0.3 is 5.69 Å². The smallest absolute Gasteiger partial charge is 0.353 e. The molecule has 0 atom stereocenters. The van der Waals surface area contributed by atoms with Gasteiger partial charge in [0.2, 0.25) is 11.6 Å². The highest BCUT2D eigenvalue weighted by Gasteiger charge is 2.22. The molecule has 0 aliphatic carbocycles. The third-order valence-electron chi connectivity index (χ3n) is 2.88. The van der Waals surface area contributed by atoms with E-state index in [1.54, 1.807) is 24.3 Å². The number of nitro groups is 1. The average molecular weight is 301 g/mol. The van der Waals surface area contributed by atoms with E-state index < -0.39 is 4.92 Å². The van der Waals surface area contributed by atoms with Gasteiger partial charge in [0.1, 0.15) is 6.33 Å². The molecule has 22 heavy (non-hydrogen) atoms. The molecule has 0 radical (unpaired) electrons. The van der Waals surface area contributed by atoms with Crippen LogP contribution in [0.15, 0.2) is 30.6 Å². The van der Waals surface area contributed by atoms with Crippen LogP contribution in [0.3, 0.4) is 0 Å². The minimum atomic E-state index is -0.546. The maximum Gasteiger partial charge on any atom is 0.353 e. The van der Waals surface area contributed by atoms with Crippen LogP contribution in [0.1, 0.15) is 24.2 Å². The maximum atomic E-state index is 11.4. The van der Waals surface area contributed by atoms with Crippen molar-refractivity contribution in [2.24, 2.45) is 0 Å². The van der Waals surface area contributed by atoms with Crippen molar-refractivity contribution in [3.8, 4) is 0 Å². The molecule has 0 fully saturated rings. The minimum Gasteiger partial charge on any atom is -0.364 e. The first-order valence-corrected chi connectivity index (χ1v) is 6.64. The number of Topliss-reactive ketones (excluding diaryl/α,β-unsaturated/α-hetero) is 1. The highest BCUT2D eigenvalue weighted by Crippen LogP contribution is 2.31. The van der Waals surface area contributed by atoms with Gasteiger partial charge in [-0.25, -0.2) is 9.97 Å². The van der Waals surface area contributed by atoms with E-state index in [1.165, 1.54) is 13.3 Å². The summed E-state index contributed by atoms with van der Waals surface area (Å²) >= 11 is 0. The maximum absolute atomic E-state index is 11.4. The number of aromatic nitrogens is 2. The Kier molecular flexibility index (Phi) is 4.62. The van der Waals surface area contributed by atoms with Crippen LogP contribution in [0, 0.1) is 10.1 Å². The monoisotopic (exact) mass is 301 g/mol. The van der Waals surface area contributed by atoms with Crippen LogP contribution in [0.5, 0.6) is 0 Å². The van der Waals surface area contributed by atoms with Crippen LogP contribution in [-0.2, 0) is 0 Å². The first kappa shape index (κ1) is 15.4. The molecule has 8 nitrogen and oxygen atoms in total. The fourth-order valence-corrected chi connectivity index (χ4v) is 1.89. The van der Waals surface area contributed by atoms with E-state index in [0.717, 1.165) is 0 Å². The summed E-state index contributed by atoms with van der Waals surface area (Å²) in [5.74, 6) is 0.124. The van der Waals surface area contributed by atoms with Gasteiger partial charge in [0, 0.05) is 17.8 Å². The molecule has 0 saturated heterocycles. The number of hydrogen-bond donors (Lipinski definition) is 2. The zero-order chi connectivity index (χ0) is 16.1. The highest BCUT2D eigenvalue weighted by atomic mass is 16.6. The Bertz CT molecular complexity index is 717. The van der Waals surface area contributed by atoms with Crippen LogP contribution < -0.4 is 10.6 Å². The second-order valence-electron chi connectivity index (χ2n) is 4.47. The van der Waals surface area contributed by atoms with Crippen LogP contribution in [0.4, 0.5) is 23.0 Å². The molecule has 2 N–H and O–H groups in total. The number of carbonyl (C=O) groups is 1. The Labute approximate surface area is 126 Å². The van der Waals surface area contributed by atoms with Crippen molar-refractivity contribution in [2.45, 2.75) is 13.8 Å². The standard InChI is InChI=1S/C14H15N5O3/c1-3-15-13-12(19(21)22)14(17-8-16-13)18-11-6-4-5-10(7-11)9(2)20/h4-8H,3H2,1-2H3,(H2,15,16,17,18). The molecule has 0 aliphatic heterocycles. The normalized spacial score (nSPS) is 10.1. The van der Waals surface area contributed by atoms with Gasteiger partial charge in [-0.05, 0) is 26.0 Å². The van der Waals surface area contributed by atoms with Gasteiger partial charge in [0.15, 0.2) is 5.78 Å². The quantitative estimate of drug-likeness (QED) is 0.479. The number of hydrogen-bond acceptors (Lipinski definition) is 7. The summed E-state index contributed by atoms with van der Waals surface area (Å²) in [6.07, 6.45) is 1.24. The molecule has 8 heteroatoms. The van der Waals surface area contributed by atoms with Crippen LogP contribution in [0.25, 0.3) is 0 Å². The number of ketones is 1. The van der Waals surface area contributed by atoms with Crippen molar-refractivity contribution < 1.29 is 9.72 Å². The van der Waals surface area contributed by atoms with Gasteiger partial charge in [-0.3, -0.25) is 14.9 Å². The fourth-order valence-electron chi connectivity index (χ4n) is 1.89. The number of benzene rings is 1. The molecule has 1 heterocycles. The summed E-state index contributed by atoms with van der Waals surface area (Å²) < 4.78 is 0. The molecule has 0 bridgehead atoms. The van der Waals surface area contributed by atoms with Crippen molar-refractivity contribution in [3.05, 3.63) is 46.3 Å². The highest BCUT2D eigenvalue weighted by molar-refractivity contribution is 5.95. The largest absolute Gasteiger partial charge is 0.364 e. The van der Waals surface area contributed by atoms with Crippen molar-refractivity contribution in [2.75, 3.05) is 17.2 Å². The predicted octanol–water partition coefficient (Wildman–Crippen LogP) is 2.76. The molecular weight excluding hydrogens is 286 g/mol. The van der Waals surface area contributed by atoms with Crippen LogP contribution >= 0.6 is 0 Å². The number of nitrogens with zero attached hydrogens (tertiary/aromatic N) is 3. The van der Waals surface area contributed by atoms with Gasteiger partial charge in [0.25, 0.3) is 0 Å². The second-order valence-corrected chi connectivity index (χ2v) is 4.47. The van der Waals surface area contributed by atoms with E-state index in [9.17, 15) is 14.9 Å². The summed E-state index contributed by atoms with van der Waals surface area (Å²) in [6, 6.07) is 6.68. The lowest BCUT2D eigenvalue weighted by Crippen LogP contribution is -2.07. The number of anilines is 3. The molecule has 2 aromatic rings. The molecule has 0 spiro atoms. The average Bonchev–Trinajstić information content (AvgIpc) is 2.47. The van der Waals surface area contributed by atoms with E-state index in [2.05, 4.69) is 20.6 Å².